The number of ether oxygens (including phenoxy) is 2. The Balaban J connectivity index is 1.59. The Morgan fingerprint density at radius 3 is 2.48 bits per heavy atom. The second-order valence-corrected chi connectivity index (χ2v) is 6.68. The van der Waals surface area contributed by atoms with E-state index in [0.717, 1.165) is 44.8 Å². The molecule has 29 heavy (non-hydrogen) atoms. The molecule has 144 valence electrons. The molecule has 0 radical (unpaired) electrons. The largest absolute Gasteiger partial charge is 0.496 e. The van der Waals surface area contributed by atoms with Crippen molar-refractivity contribution in [2.75, 3.05) is 13.7 Å². The van der Waals surface area contributed by atoms with E-state index in [4.69, 9.17) is 14.5 Å². The minimum absolute atomic E-state index is 0.662. The summed E-state index contributed by atoms with van der Waals surface area (Å²) in [5.74, 6) is 1.71. The molecule has 4 aromatic rings. The van der Waals surface area contributed by atoms with Crippen LogP contribution in [0.3, 0.4) is 0 Å². The van der Waals surface area contributed by atoms with E-state index in [9.17, 15) is 0 Å². The van der Waals surface area contributed by atoms with Gasteiger partial charge in [-0.3, -0.25) is 0 Å². The smallest absolute Gasteiger partial charge is 0.127 e. The van der Waals surface area contributed by atoms with E-state index in [0.29, 0.717) is 6.61 Å². The summed E-state index contributed by atoms with van der Waals surface area (Å²) in [6.07, 6.45) is 4.08. The number of hydrogen-bond donors (Lipinski definition) is 0. The Hall–Kier alpha value is -3.59. The summed E-state index contributed by atoms with van der Waals surface area (Å²) < 4.78 is 11.2. The fourth-order valence-corrected chi connectivity index (χ4v) is 3.30. The lowest BCUT2D eigenvalue weighted by molar-refractivity contribution is 0.340. The molecule has 0 bridgehead atoms. The highest BCUT2D eigenvalue weighted by atomic mass is 16.5. The van der Waals surface area contributed by atoms with Gasteiger partial charge in [0.1, 0.15) is 11.5 Å². The predicted molar refractivity (Wildman–Crippen MR) is 120 cm³/mol. The van der Waals surface area contributed by atoms with E-state index < -0.39 is 0 Å². The van der Waals surface area contributed by atoms with E-state index in [2.05, 4.69) is 42.5 Å². The SMILES string of the molecule is CCOc1ccc(-c2ccc(/C=C/c3ccc4ccccc4n3)cc2OC)cc1. The average Bonchev–Trinajstić information content (AvgIpc) is 2.78. The topological polar surface area (TPSA) is 31.4 Å². The van der Waals surface area contributed by atoms with Crippen molar-refractivity contribution in [3.05, 3.63) is 90.1 Å². The lowest BCUT2D eigenvalue weighted by Gasteiger charge is -2.11. The van der Waals surface area contributed by atoms with Gasteiger partial charge in [0.2, 0.25) is 0 Å². The highest BCUT2D eigenvalue weighted by Gasteiger charge is 2.07. The number of pyridine rings is 1. The maximum atomic E-state index is 5.65. The van der Waals surface area contributed by atoms with Crippen LogP contribution in [0.5, 0.6) is 11.5 Å². The summed E-state index contributed by atoms with van der Waals surface area (Å²) in [5, 5.41) is 1.14. The Bertz CT molecular complexity index is 1150. The molecule has 0 saturated carbocycles. The summed E-state index contributed by atoms with van der Waals surface area (Å²) in [4.78, 5) is 4.69. The molecule has 0 N–H and O–H groups in total. The Morgan fingerprint density at radius 2 is 1.69 bits per heavy atom. The van der Waals surface area contributed by atoms with Gasteiger partial charge in [-0.1, -0.05) is 54.6 Å². The third-order valence-electron chi connectivity index (χ3n) is 4.77. The first-order valence-corrected chi connectivity index (χ1v) is 9.72. The number of aromatic nitrogens is 1. The molecular weight excluding hydrogens is 358 g/mol. The van der Waals surface area contributed by atoms with Crippen LogP contribution in [0.4, 0.5) is 0 Å². The summed E-state index contributed by atoms with van der Waals surface area (Å²) in [7, 11) is 1.70. The van der Waals surface area contributed by atoms with Crippen LogP contribution in [0.1, 0.15) is 18.2 Å². The monoisotopic (exact) mass is 381 g/mol. The summed E-state index contributed by atoms with van der Waals surface area (Å²) in [5.41, 5.74) is 5.14. The van der Waals surface area contributed by atoms with Crippen LogP contribution < -0.4 is 9.47 Å². The predicted octanol–water partition coefficient (Wildman–Crippen LogP) is 6.48. The van der Waals surface area contributed by atoms with Crippen LogP contribution in [0, 0.1) is 0 Å². The summed E-state index contributed by atoms with van der Waals surface area (Å²) >= 11 is 0. The van der Waals surface area contributed by atoms with Crippen LogP contribution in [0.2, 0.25) is 0 Å². The van der Waals surface area contributed by atoms with Crippen molar-refractivity contribution in [1.82, 2.24) is 4.98 Å². The Kier molecular flexibility index (Phi) is 5.57. The molecule has 0 atom stereocenters. The minimum Gasteiger partial charge on any atom is -0.496 e. The summed E-state index contributed by atoms with van der Waals surface area (Å²) in [6, 6.07) is 26.6. The third kappa shape index (κ3) is 4.30. The second-order valence-electron chi connectivity index (χ2n) is 6.68. The third-order valence-corrected chi connectivity index (χ3v) is 4.77. The van der Waals surface area contributed by atoms with Gasteiger partial charge in [0, 0.05) is 10.9 Å². The van der Waals surface area contributed by atoms with Crippen LogP contribution in [0.15, 0.2) is 78.9 Å². The molecule has 0 aliphatic heterocycles. The maximum absolute atomic E-state index is 5.65. The van der Waals surface area contributed by atoms with Crippen LogP contribution in [0.25, 0.3) is 34.2 Å². The molecule has 0 aliphatic rings. The van der Waals surface area contributed by atoms with Gasteiger partial charge in [0.15, 0.2) is 0 Å². The van der Waals surface area contributed by atoms with Crippen molar-refractivity contribution in [2.45, 2.75) is 6.92 Å². The zero-order valence-corrected chi connectivity index (χ0v) is 16.6. The quantitative estimate of drug-likeness (QED) is 0.383. The molecule has 0 amide bonds. The van der Waals surface area contributed by atoms with Gasteiger partial charge < -0.3 is 9.47 Å². The standard InChI is InChI=1S/C26H23NO2/c1-3-29-23-15-11-20(12-16-23)24-17-9-19(18-26(24)28-2)8-13-22-14-10-21-6-4-5-7-25(21)27-22/h4-18H,3H2,1-2H3/b13-8+. The zero-order chi connectivity index (χ0) is 20.1. The van der Waals surface area contributed by atoms with Crippen molar-refractivity contribution in [3.63, 3.8) is 0 Å². The number of nitrogens with zero attached hydrogens (tertiary/aromatic N) is 1. The second kappa shape index (κ2) is 8.61. The van der Waals surface area contributed by atoms with E-state index in [-0.39, 0.29) is 0 Å². The van der Waals surface area contributed by atoms with Crippen molar-refractivity contribution in [1.29, 1.82) is 0 Å². The molecular formula is C26H23NO2. The molecule has 0 aliphatic carbocycles. The van der Waals surface area contributed by atoms with E-state index in [1.54, 1.807) is 7.11 Å². The number of rotatable bonds is 6. The molecule has 3 aromatic carbocycles. The molecule has 0 saturated heterocycles. The summed E-state index contributed by atoms with van der Waals surface area (Å²) in [6.45, 7) is 2.65. The van der Waals surface area contributed by atoms with Crippen molar-refractivity contribution < 1.29 is 9.47 Å². The number of benzene rings is 3. The molecule has 0 unspecified atom stereocenters. The molecule has 1 heterocycles. The van der Waals surface area contributed by atoms with Gasteiger partial charge in [0.25, 0.3) is 0 Å². The van der Waals surface area contributed by atoms with E-state index in [1.165, 1.54) is 0 Å². The fraction of sp³-hybridized carbons (Fsp3) is 0.115. The first-order chi connectivity index (χ1) is 14.3. The molecule has 0 spiro atoms. The van der Waals surface area contributed by atoms with Crippen LogP contribution in [-0.2, 0) is 0 Å². The Labute approximate surface area is 171 Å². The van der Waals surface area contributed by atoms with Gasteiger partial charge in [-0.15, -0.1) is 0 Å². The molecule has 3 heteroatoms. The van der Waals surface area contributed by atoms with Crippen molar-refractivity contribution >= 4 is 23.1 Å². The number of hydrogen-bond acceptors (Lipinski definition) is 3. The number of para-hydroxylation sites is 1. The Morgan fingerprint density at radius 1 is 0.862 bits per heavy atom. The molecule has 4 rings (SSSR count). The fourth-order valence-electron chi connectivity index (χ4n) is 3.30. The maximum Gasteiger partial charge on any atom is 0.127 e. The van der Waals surface area contributed by atoms with Gasteiger partial charge in [-0.25, -0.2) is 4.98 Å². The minimum atomic E-state index is 0.662. The van der Waals surface area contributed by atoms with Crippen molar-refractivity contribution in [2.24, 2.45) is 0 Å². The molecule has 1 aromatic heterocycles. The highest BCUT2D eigenvalue weighted by molar-refractivity contribution is 5.81. The van der Waals surface area contributed by atoms with Gasteiger partial charge in [0.05, 0.1) is 24.9 Å². The number of methoxy groups -OCH3 is 1. The van der Waals surface area contributed by atoms with Gasteiger partial charge >= 0.3 is 0 Å². The van der Waals surface area contributed by atoms with Crippen molar-refractivity contribution in [3.8, 4) is 22.6 Å². The normalized spacial score (nSPS) is 11.1. The number of fused-ring (bicyclic) bond motifs is 1. The lowest BCUT2D eigenvalue weighted by Crippen LogP contribution is -1.92. The molecule has 0 fully saturated rings. The van der Waals surface area contributed by atoms with E-state index >= 15 is 0 Å². The van der Waals surface area contributed by atoms with E-state index in [1.807, 2.05) is 55.5 Å². The van der Waals surface area contributed by atoms with Crippen LogP contribution in [-0.4, -0.2) is 18.7 Å². The van der Waals surface area contributed by atoms with Gasteiger partial charge in [-0.05, 0) is 54.5 Å². The molecule has 3 nitrogen and oxygen atoms in total. The highest BCUT2D eigenvalue weighted by Crippen LogP contribution is 2.32. The average molecular weight is 381 g/mol. The first-order valence-electron chi connectivity index (χ1n) is 9.72. The zero-order valence-electron chi connectivity index (χ0n) is 16.6. The van der Waals surface area contributed by atoms with Crippen LogP contribution >= 0.6 is 0 Å². The first kappa shape index (κ1) is 18.8. The lowest BCUT2D eigenvalue weighted by atomic mass is 10.0. The van der Waals surface area contributed by atoms with Gasteiger partial charge in [-0.2, -0.15) is 0 Å².